The van der Waals surface area contributed by atoms with Crippen LogP contribution in [0.25, 0.3) is 0 Å². The first-order valence-electron chi connectivity index (χ1n) is 6.56. The molecule has 1 saturated heterocycles. The first-order chi connectivity index (χ1) is 8.66. The van der Waals surface area contributed by atoms with Crippen molar-refractivity contribution in [3.63, 3.8) is 0 Å². The Labute approximate surface area is 107 Å². The van der Waals surface area contributed by atoms with Crippen molar-refractivity contribution in [2.24, 2.45) is 0 Å². The largest absolute Gasteiger partial charge is 0.372 e. The minimum atomic E-state index is -0.394. The van der Waals surface area contributed by atoms with Gasteiger partial charge >= 0.3 is 0 Å². The highest BCUT2D eigenvalue weighted by Crippen LogP contribution is 2.20. The van der Waals surface area contributed by atoms with Crippen LogP contribution in [0.15, 0.2) is 18.2 Å². The monoisotopic (exact) mass is 254 g/mol. The van der Waals surface area contributed by atoms with Crippen LogP contribution in [0.1, 0.15) is 25.7 Å². The molecule has 18 heavy (non-hydrogen) atoms. The lowest BCUT2D eigenvalue weighted by Crippen LogP contribution is -2.36. The van der Waals surface area contributed by atoms with Crippen molar-refractivity contribution >= 4 is 5.69 Å². The Hall–Kier alpha value is -1.16. The molecule has 0 spiro atoms. The molecular formula is C14H20F2N2. The van der Waals surface area contributed by atoms with E-state index < -0.39 is 5.82 Å². The van der Waals surface area contributed by atoms with Gasteiger partial charge in [0.25, 0.3) is 0 Å². The van der Waals surface area contributed by atoms with Crippen LogP contribution in [0.4, 0.5) is 14.5 Å². The molecule has 4 heteroatoms. The second-order valence-electron chi connectivity index (χ2n) is 4.95. The van der Waals surface area contributed by atoms with E-state index in [4.69, 9.17) is 0 Å². The molecule has 1 atom stereocenters. The van der Waals surface area contributed by atoms with Crippen molar-refractivity contribution < 1.29 is 8.78 Å². The van der Waals surface area contributed by atoms with Crippen LogP contribution in [0.2, 0.25) is 0 Å². The van der Waals surface area contributed by atoms with Crippen molar-refractivity contribution in [2.75, 3.05) is 25.0 Å². The Morgan fingerprint density at radius 1 is 1.33 bits per heavy atom. The number of hydrogen-bond acceptors (Lipinski definition) is 2. The van der Waals surface area contributed by atoms with E-state index in [1.165, 1.54) is 31.4 Å². The maximum Gasteiger partial charge on any atom is 0.146 e. The molecule has 0 aromatic heterocycles. The molecule has 1 unspecified atom stereocenters. The minimum Gasteiger partial charge on any atom is -0.372 e. The summed E-state index contributed by atoms with van der Waals surface area (Å²) in [7, 11) is 1.81. The van der Waals surface area contributed by atoms with E-state index in [0.29, 0.717) is 11.7 Å². The lowest BCUT2D eigenvalue weighted by Gasteiger charge is -2.27. The van der Waals surface area contributed by atoms with E-state index >= 15 is 0 Å². The van der Waals surface area contributed by atoms with E-state index in [1.807, 2.05) is 0 Å². The Morgan fingerprint density at radius 2 is 2.17 bits per heavy atom. The summed E-state index contributed by atoms with van der Waals surface area (Å²) in [5, 5.41) is 3.46. The molecule has 1 aromatic carbocycles. The predicted octanol–water partition coefficient (Wildman–Crippen LogP) is 2.93. The van der Waals surface area contributed by atoms with Gasteiger partial charge in [0.2, 0.25) is 0 Å². The van der Waals surface area contributed by atoms with Crippen LogP contribution in [0.5, 0.6) is 0 Å². The van der Waals surface area contributed by atoms with Crippen LogP contribution in [0, 0.1) is 11.6 Å². The molecule has 100 valence electrons. The second-order valence-corrected chi connectivity index (χ2v) is 4.95. The molecule has 2 rings (SSSR count). The first kappa shape index (κ1) is 13.3. The molecule has 1 aliphatic heterocycles. The number of rotatable bonds is 4. The predicted molar refractivity (Wildman–Crippen MR) is 69.9 cm³/mol. The van der Waals surface area contributed by atoms with Gasteiger partial charge in [-0.25, -0.2) is 8.78 Å². The van der Waals surface area contributed by atoms with Gasteiger partial charge in [0.1, 0.15) is 11.6 Å². The number of benzene rings is 1. The van der Waals surface area contributed by atoms with E-state index in [9.17, 15) is 8.78 Å². The van der Waals surface area contributed by atoms with E-state index in [1.54, 1.807) is 11.9 Å². The summed E-state index contributed by atoms with van der Waals surface area (Å²) in [5.74, 6) is -0.760. The lowest BCUT2D eigenvalue weighted by atomic mass is 10.0. The quantitative estimate of drug-likeness (QED) is 0.888. The molecule has 0 bridgehead atoms. The molecule has 1 fully saturated rings. The normalized spacial score (nSPS) is 19.8. The zero-order valence-corrected chi connectivity index (χ0v) is 10.8. The molecule has 1 aromatic rings. The fraction of sp³-hybridized carbons (Fsp3) is 0.571. The third-order valence-corrected chi connectivity index (χ3v) is 3.54. The highest BCUT2D eigenvalue weighted by Gasteiger charge is 2.14. The SMILES string of the molecule is CN(CCC1CCCCN1)c1cc(F)ccc1F. The number of anilines is 1. The van der Waals surface area contributed by atoms with Crippen molar-refractivity contribution in [3.05, 3.63) is 29.8 Å². The third-order valence-electron chi connectivity index (χ3n) is 3.54. The van der Waals surface area contributed by atoms with Crippen LogP contribution in [-0.4, -0.2) is 26.2 Å². The highest BCUT2D eigenvalue weighted by atomic mass is 19.1. The number of halogens is 2. The number of nitrogens with one attached hydrogen (secondary N) is 1. The molecule has 1 heterocycles. The summed E-state index contributed by atoms with van der Waals surface area (Å²) in [6.45, 7) is 1.81. The lowest BCUT2D eigenvalue weighted by molar-refractivity contribution is 0.384. The maximum absolute atomic E-state index is 13.6. The molecule has 0 aliphatic carbocycles. The van der Waals surface area contributed by atoms with E-state index in [0.717, 1.165) is 25.6 Å². The molecular weight excluding hydrogens is 234 g/mol. The van der Waals surface area contributed by atoms with Crippen LogP contribution >= 0.6 is 0 Å². The number of hydrogen-bond donors (Lipinski definition) is 1. The van der Waals surface area contributed by atoms with Crippen LogP contribution < -0.4 is 10.2 Å². The van der Waals surface area contributed by atoms with E-state index in [2.05, 4.69) is 5.32 Å². The van der Waals surface area contributed by atoms with Crippen molar-refractivity contribution in [1.29, 1.82) is 0 Å². The molecule has 1 aliphatic rings. The van der Waals surface area contributed by atoms with Crippen molar-refractivity contribution in [3.8, 4) is 0 Å². The molecule has 0 radical (unpaired) electrons. The van der Waals surface area contributed by atoms with Gasteiger partial charge in [0.15, 0.2) is 0 Å². The van der Waals surface area contributed by atoms with Gasteiger partial charge in [0.05, 0.1) is 5.69 Å². The Bertz CT molecular complexity index is 389. The van der Waals surface area contributed by atoms with Gasteiger partial charge in [-0.1, -0.05) is 6.42 Å². The van der Waals surface area contributed by atoms with Gasteiger partial charge in [-0.05, 0) is 37.9 Å². The standard InChI is InChI=1S/C14H20F2N2/c1-18(9-7-12-4-2-3-8-17-12)14-10-11(15)5-6-13(14)16/h5-6,10,12,17H,2-4,7-9H2,1H3. The molecule has 0 amide bonds. The van der Waals surface area contributed by atoms with Gasteiger partial charge < -0.3 is 10.2 Å². The summed E-state index contributed by atoms with van der Waals surface area (Å²) in [4.78, 5) is 1.79. The topological polar surface area (TPSA) is 15.3 Å². The zero-order chi connectivity index (χ0) is 13.0. The summed E-state index contributed by atoms with van der Waals surface area (Å²) >= 11 is 0. The van der Waals surface area contributed by atoms with Crippen LogP contribution in [-0.2, 0) is 0 Å². The average Bonchev–Trinajstić information content (AvgIpc) is 2.40. The van der Waals surface area contributed by atoms with Gasteiger partial charge in [-0.3, -0.25) is 0 Å². The van der Waals surface area contributed by atoms with Crippen LogP contribution in [0.3, 0.4) is 0 Å². The molecule has 1 N–H and O–H groups in total. The first-order valence-corrected chi connectivity index (χ1v) is 6.56. The smallest absolute Gasteiger partial charge is 0.146 e. The third kappa shape index (κ3) is 3.42. The van der Waals surface area contributed by atoms with E-state index in [-0.39, 0.29) is 5.82 Å². The van der Waals surface area contributed by atoms with Crippen molar-refractivity contribution in [2.45, 2.75) is 31.7 Å². The summed E-state index contributed by atoms with van der Waals surface area (Å²) in [5.41, 5.74) is 0.339. The second kappa shape index (κ2) is 6.14. The van der Waals surface area contributed by atoms with Gasteiger partial charge in [-0.15, -0.1) is 0 Å². The Balaban J connectivity index is 1.90. The summed E-state index contributed by atoms with van der Waals surface area (Å²) < 4.78 is 26.7. The minimum absolute atomic E-state index is 0.339. The fourth-order valence-electron chi connectivity index (χ4n) is 2.42. The Kier molecular flexibility index (Phi) is 4.53. The number of nitrogens with zero attached hydrogens (tertiary/aromatic N) is 1. The fourth-order valence-corrected chi connectivity index (χ4v) is 2.42. The average molecular weight is 254 g/mol. The molecule has 2 nitrogen and oxygen atoms in total. The highest BCUT2D eigenvalue weighted by molar-refractivity contribution is 5.47. The van der Waals surface area contributed by atoms with Gasteiger partial charge in [0, 0.05) is 25.7 Å². The zero-order valence-electron chi connectivity index (χ0n) is 10.8. The summed E-state index contributed by atoms with van der Waals surface area (Å²) in [6, 6.07) is 4.09. The summed E-state index contributed by atoms with van der Waals surface area (Å²) in [6.07, 6.45) is 4.65. The number of piperidine rings is 1. The molecule has 0 saturated carbocycles. The van der Waals surface area contributed by atoms with Gasteiger partial charge in [-0.2, -0.15) is 0 Å². The maximum atomic E-state index is 13.6. The Morgan fingerprint density at radius 3 is 2.89 bits per heavy atom. The van der Waals surface area contributed by atoms with Crippen molar-refractivity contribution in [1.82, 2.24) is 5.32 Å².